The van der Waals surface area contributed by atoms with Crippen LogP contribution >= 0.6 is 23.2 Å². The van der Waals surface area contributed by atoms with Gasteiger partial charge in [-0.2, -0.15) is 0 Å². The first-order chi connectivity index (χ1) is 13.5. The zero-order chi connectivity index (χ0) is 19.7. The number of rotatable bonds is 6. The van der Waals surface area contributed by atoms with Crippen LogP contribution in [0.25, 0.3) is 16.6 Å². The molecule has 0 unspecified atom stereocenters. The molecule has 4 rings (SSSR count). The standard InChI is InChI=1S/C20H20Cl2N4O2/c21-15-7-6-14-16(25-10-8-23-12-25)11-17(24-20(14)19(15)22)26-9-2-4-13(26)3-1-5-18(27)28/h6-8,10-13H,1-5,9H2,(H,27,28)/t13-/m1/s1. The quantitative estimate of drug-likeness (QED) is 0.612. The molecule has 1 aliphatic rings. The summed E-state index contributed by atoms with van der Waals surface area (Å²) in [6.07, 6.45) is 9.13. The Bertz CT molecular complexity index is 1010. The molecule has 0 amide bonds. The minimum Gasteiger partial charge on any atom is -0.481 e. The fourth-order valence-corrected chi connectivity index (χ4v) is 4.25. The number of carboxylic acid groups (broad SMARTS) is 1. The highest BCUT2D eigenvalue weighted by molar-refractivity contribution is 6.45. The SMILES string of the molecule is O=C(O)CCC[C@@H]1CCCN1c1cc(-n2ccnc2)c2ccc(Cl)c(Cl)c2n1. The van der Waals surface area contributed by atoms with E-state index in [9.17, 15) is 4.79 Å². The third-order valence-electron chi connectivity index (χ3n) is 5.22. The molecule has 0 aliphatic carbocycles. The number of fused-ring (bicyclic) bond motifs is 1. The van der Waals surface area contributed by atoms with Gasteiger partial charge in [-0.15, -0.1) is 0 Å². The normalized spacial score (nSPS) is 16.8. The van der Waals surface area contributed by atoms with Gasteiger partial charge in [0.05, 0.1) is 27.6 Å². The predicted octanol–water partition coefficient (Wildman–Crippen LogP) is 4.95. The molecule has 0 spiro atoms. The number of pyridine rings is 1. The second-order valence-electron chi connectivity index (χ2n) is 7.00. The van der Waals surface area contributed by atoms with Gasteiger partial charge in [-0.05, 0) is 37.8 Å². The number of halogens is 2. The van der Waals surface area contributed by atoms with E-state index in [0.29, 0.717) is 22.0 Å². The van der Waals surface area contributed by atoms with Crippen molar-refractivity contribution in [2.24, 2.45) is 0 Å². The Labute approximate surface area is 172 Å². The molecule has 1 N–H and O–H groups in total. The number of benzene rings is 1. The monoisotopic (exact) mass is 418 g/mol. The smallest absolute Gasteiger partial charge is 0.303 e. The van der Waals surface area contributed by atoms with Crippen LogP contribution in [0, 0.1) is 0 Å². The maximum absolute atomic E-state index is 10.9. The number of carbonyl (C=O) groups is 1. The lowest BCUT2D eigenvalue weighted by Crippen LogP contribution is -2.30. The first kappa shape index (κ1) is 19.0. The maximum Gasteiger partial charge on any atom is 0.303 e. The van der Waals surface area contributed by atoms with Gasteiger partial charge in [-0.25, -0.2) is 9.97 Å². The van der Waals surface area contributed by atoms with E-state index in [2.05, 4.69) is 9.88 Å². The van der Waals surface area contributed by atoms with Gasteiger partial charge in [-0.3, -0.25) is 4.79 Å². The predicted molar refractivity (Wildman–Crippen MR) is 111 cm³/mol. The van der Waals surface area contributed by atoms with E-state index in [1.807, 2.05) is 22.9 Å². The molecule has 1 atom stereocenters. The molecule has 1 aliphatic heterocycles. The summed E-state index contributed by atoms with van der Waals surface area (Å²) in [6, 6.07) is 6.02. The Kier molecular flexibility index (Phi) is 5.42. The second kappa shape index (κ2) is 7.97. The maximum atomic E-state index is 10.9. The van der Waals surface area contributed by atoms with Crippen LogP contribution in [0.1, 0.15) is 32.1 Å². The molecule has 28 heavy (non-hydrogen) atoms. The lowest BCUT2D eigenvalue weighted by atomic mass is 10.1. The average Bonchev–Trinajstić information content (AvgIpc) is 3.36. The Morgan fingerprint density at radius 2 is 2.18 bits per heavy atom. The van der Waals surface area contributed by atoms with E-state index in [0.717, 1.165) is 42.7 Å². The van der Waals surface area contributed by atoms with Gasteiger partial charge < -0.3 is 14.6 Å². The first-order valence-electron chi connectivity index (χ1n) is 9.30. The van der Waals surface area contributed by atoms with Crippen LogP contribution in [0.15, 0.2) is 36.9 Å². The Morgan fingerprint density at radius 1 is 1.32 bits per heavy atom. The molecule has 1 aromatic carbocycles. The fourth-order valence-electron chi connectivity index (χ4n) is 3.89. The lowest BCUT2D eigenvalue weighted by Gasteiger charge is -2.27. The van der Waals surface area contributed by atoms with E-state index in [1.165, 1.54) is 0 Å². The molecule has 1 fully saturated rings. The van der Waals surface area contributed by atoms with Gasteiger partial charge in [0, 0.05) is 42.9 Å². The molecule has 1 saturated heterocycles. The first-order valence-corrected chi connectivity index (χ1v) is 10.1. The molecular weight excluding hydrogens is 399 g/mol. The van der Waals surface area contributed by atoms with Crippen LogP contribution in [0.5, 0.6) is 0 Å². The summed E-state index contributed by atoms with van der Waals surface area (Å²) in [5.41, 5.74) is 1.60. The molecule has 2 aromatic heterocycles. The van der Waals surface area contributed by atoms with Crippen molar-refractivity contribution < 1.29 is 9.90 Å². The average molecular weight is 419 g/mol. The van der Waals surface area contributed by atoms with E-state index < -0.39 is 5.97 Å². The number of aromatic nitrogens is 3. The Hall–Kier alpha value is -2.31. The minimum absolute atomic E-state index is 0.192. The van der Waals surface area contributed by atoms with E-state index >= 15 is 0 Å². The summed E-state index contributed by atoms with van der Waals surface area (Å²) < 4.78 is 1.94. The molecule has 0 radical (unpaired) electrons. The zero-order valence-electron chi connectivity index (χ0n) is 15.2. The van der Waals surface area contributed by atoms with Crippen LogP contribution in [0.2, 0.25) is 10.0 Å². The largest absolute Gasteiger partial charge is 0.481 e. The highest BCUT2D eigenvalue weighted by Crippen LogP contribution is 2.36. The molecule has 8 heteroatoms. The van der Waals surface area contributed by atoms with Crippen molar-refractivity contribution in [2.75, 3.05) is 11.4 Å². The number of anilines is 1. The van der Waals surface area contributed by atoms with Crippen LogP contribution in [0.3, 0.4) is 0 Å². The van der Waals surface area contributed by atoms with Gasteiger partial charge in [0.1, 0.15) is 5.82 Å². The summed E-state index contributed by atoms with van der Waals surface area (Å²) in [5, 5.41) is 10.7. The molecule has 0 saturated carbocycles. The van der Waals surface area contributed by atoms with Gasteiger partial charge in [0.2, 0.25) is 0 Å². The highest BCUT2D eigenvalue weighted by Gasteiger charge is 2.27. The number of hydrogen-bond acceptors (Lipinski definition) is 4. The Morgan fingerprint density at radius 3 is 2.93 bits per heavy atom. The van der Waals surface area contributed by atoms with Crippen molar-refractivity contribution in [1.82, 2.24) is 14.5 Å². The molecule has 146 valence electrons. The third-order valence-corrected chi connectivity index (χ3v) is 6.01. The minimum atomic E-state index is -0.753. The van der Waals surface area contributed by atoms with Crippen molar-refractivity contribution in [2.45, 2.75) is 38.1 Å². The van der Waals surface area contributed by atoms with Gasteiger partial charge in [-0.1, -0.05) is 23.2 Å². The topological polar surface area (TPSA) is 71.2 Å². The zero-order valence-corrected chi connectivity index (χ0v) is 16.7. The summed E-state index contributed by atoms with van der Waals surface area (Å²) in [5.74, 6) is 0.0791. The van der Waals surface area contributed by atoms with E-state index in [1.54, 1.807) is 18.6 Å². The van der Waals surface area contributed by atoms with Crippen LogP contribution in [0.4, 0.5) is 5.82 Å². The van der Waals surface area contributed by atoms with E-state index in [-0.39, 0.29) is 12.5 Å². The number of imidazole rings is 1. The van der Waals surface area contributed by atoms with Crippen molar-refractivity contribution >= 4 is 45.9 Å². The van der Waals surface area contributed by atoms with Crippen LogP contribution in [-0.4, -0.2) is 38.2 Å². The van der Waals surface area contributed by atoms with Crippen molar-refractivity contribution in [3.8, 4) is 5.69 Å². The van der Waals surface area contributed by atoms with Gasteiger partial charge in [0.15, 0.2) is 0 Å². The highest BCUT2D eigenvalue weighted by atomic mass is 35.5. The van der Waals surface area contributed by atoms with Gasteiger partial charge in [0.25, 0.3) is 0 Å². The molecule has 0 bridgehead atoms. The number of hydrogen-bond donors (Lipinski definition) is 1. The number of nitrogens with zero attached hydrogens (tertiary/aromatic N) is 4. The molecule has 3 aromatic rings. The van der Waals surface area contributed by atoms with Crippen LogP contribution < -0.4 is 4.90 Å². The molecular formula is C20H20Cl2N4O2. The van der Waals surface area contributed by atoms with Crippen molar-refractivity contribution in [3.63, 3.8) is 0 Å². The summed E-state index contributed by atoms with van der Waals surface area (Å²) in [7, 11) is 0. The molecule has 6 nitrogen and oxygen atoms in total. The number of carboxylic acids is 1. The Balaban J connectivity index is 1.76. The lowest BCUT2D eigenvalue weighted by molar-refractivity contribution is -0.137. The van der Waals surface area contributed by atoms with Crippen LogP contribution in [-0.2, 0) is 4.79 Å². The summed E-state index contributed by atoms with van der Waals surface area (Å²) in [6.45, 7) is 0.887. The van der Waals surface area contributed by atoms with Crippen molar-refractivity contribution in [1.29, 1.82) is 0 Å². The summed E-state index contributed by atoms with van der Waals surface area (Å²) in [4.78, 5) is 22.1. The fraction of sp³-hybridized carbons (Fsp3) is 0.350. The van der Waals surface area contributed by atoms with Gasteiger partial charge >= 0.3 is 5.97 Å². The number of aliphatic carboxylic acids is 1. The second-order valence-corrected chi connectivity index (χ2v) is 7.79. The third kappa shape index (κ3) is 3.66. The van der Waals surface area contributed by atoms with Crippen molar-refractivity contribution in [3.05, 3.63) is 47.0 Å². The van der Waals surface area contributed by atoms with E-state index in [4.69, 9.17) is 33.3 Å². The summed E-state index contributed by atoms with van der Waals surface area (Å²) >= 11 is 12.7. The molecule has 3 heterocycles.